The lowest BCUT2D eigenvalue weighted by atomic mass is 9.90. The molecule has 0 N–H and O–H groups in total. The number of nitriles is 1. The van der Waals surface area contributed by atoms with E-state index in [1.807, 2.05) is 51.1 Å². The van der Waals surface area contributed by atoms with Crippen LogP contribution >= 0.6 is 0 Å². The SMILES string of the molecule is Cc1ccc(C2C=CN(C(=O)OCC(C)C)C=C2C#N)cc1. The maximum atomic E-state index is 12.0. The summed E-state index contributed by atoms with van der Waals surface area (Å²) in [6, 6.07) is 10.2. The predicted octanol–water partition coefficient (Wildman–Crippen LogP) is 4.11. The van der Waals surface area contributed by atoms with Gasteiger partial charge in [-0.15, -0.1) is 0 Å². The van der Waals surface area contributed by atoms with Crippen LogP contribution in [-0.2, 0) is 4.74 Å². The van der Waals surface area contributed by atoms with Gasteiger partial charge in [-0.25, -0.2) is 4.79 Å². The van der Waals surface area contributed by atoms with Gasteiger partial charge in [0.1, 0.15) is 0 Å². The summed E-state index contributed by atoms with van der Waals surface area (Å²) in [7, 11) is 0. The van der Waals surface area contributed by atoms with Crippen LogP contribution in [0.3, 0.4) is 0 Å². The minimum Gasteiger partial charge on any atom is -0.449 e. The summed E-state index contributed by atoms with van der Waals surface area (Å²) >= 11 is 0. The number of carbonyl (C=O) groups excluding carboxylic acids is 1. The lowest BCUT2D eigenvalue weighted by Crippen LogP contribution is -2.26. The molecule has 0 aromatic heterocycles. The predicted molar refractivity (Wildman–Crippen MR) is 84.8 cm³/mol. The Bertz CT molecular complexity index is 636. The first kappa shape index (κ1) is 15.8. The molecule has 0 saturated carbocycles. The Morgan fingerprint density at radius 1 is 1.36 bits per heavy atom. The Balaban J connectivity index is 2.14. The molecular weight excluding hydrogens is 276 g/mol. The molecule has 1 atom stereocenters. The number of carbonyl (C=O) groups is 1. The van der Waals surface area contributed by atoms with E-state index in [9.17, 15) is 10.1 Å². The molecule has 4 nitrogen and oxygen atoms in total. The highest BCUT2D eigenvalue weighted by atomic mass is 16.6. The molecule has 0 spiro atoms. The van der Waals surface area contributed by atoms with Crippen LogP contribution in [0.1, 0.15) is 30.9 Å². The summed E-state index contributed by atoms with van der Waals surface area (Å²) in [5, 5.41) is 9.36. The topological polar surface area (TPSA) is 53.3 Å². The second-order valence-corrected chi connectivity index (χ2v) is 5.80. The first-order chi connectivity index (χ1) is 10.5. The third kappa shape index (κ3) is 3.76. The fourth-order valence-corrected chi connectivity index (χ4v) is 2.14. The van der Waals surface area contributed by atoms with Gasteiger partial charge in [0.05, 0.1) is 18.2 Å². The molecule has 0 saturated heterocycles. The van der Waals surface area contributed by atoms with Crippen molar-refractivity contribution in [2.24, 2.45) is 5.92 Å². The summed E-state index contributed by atoms with van der Waals surface area (Å²) in [4.78, 5) is 13.3. The molecule has 0 radical (unpaired) electrons. The molecule has 0 bridgehead atoms. The van der Waals surface area contributed by atoms with E-state index in [2.05, 4.69) is 6.07 Å². The highest BCUT2D eigenvalue weighted by molar-refractivity contribution is 5.71. The molecule has 1 amide bonds. The summed E-state index contributed by atoms with van der Waals surface area (Å²) in [5.41, 5.74) is 2.72. The van der Waals surface area contributed by atoms with Crippen LogP contribution < -0.4 is 0 Å². The Hall–Kier alpha value is -2.54. The van der Waals surface area contributed by atoms with E-state index < -0.39 is 6.09 Å². The molecule has 0 fully saturated rings. The number of ether oxygens (including phenoxy) is 1. The summed E-state index contributed by atoms with van der Waals surface area (Å²) in [5.74, 6) is 0.150. The zero-order valence-corrected chi connectivity index (χ0v) is 13.1. The Morgan fingerprint density at radius 3 is 2.64 bits per heavy atom. The molecule has 1 aromatic carbocycles. The lowest BCUT2D eigenvalue weighted by molar-refractivity contribution is 0.115. The maximum Gasteiger partial charge on any atom is 0.417 e. The number of allylic oxidation sites excluding steroid dienone is 2. The van der Waals surface area contributed by atoms with Gasteiger partial charge >= 0.3 is 6.09 Å². The summed E-state index contributed by atoms with van der Waals surface area (Å²) < 4.78 is 5.17. The number of rotatable bonds is 3. The fourth-order valence-electron chi connectivity index (χ4n) is 2.14. The standard InChI is InChI=1S/C18H20N2O2/c1-13(2)12-22-18(21)20-9-8-17(16(10-19)11-20)15-6-4-14(3)5-7-15/h4-9,11,13,17H,12H2,1-3H3. The number of amides is 1. The van der Waals surface area contributed by atoms with E-state index in [1.54, 1.807) is 12.4 Å². The van der Waals surface area contributed by atoms with Crippen molar-refractivity contribution in [2.75, 3.05) is 6.61 Å². The highest BCUT2D eigenvalue weighted by Gasteiger charge is 2.22. The van der Waals surface area contributed by atoms with Gasteiger partial charge in [-0.05, 0) is 18.4 Å². The Labute approximate surface area is 131 Å². The zero-order chi connectivity index (χ0) is 16.1. The average Bonchev–Trinajstić information content (AvgIpc) is 2.52. The number of hydrogen-bond acceptors (Lipinski definition) is 3. The molecule has 1 unspecified atom stereocenters. The van der Waals surface area contributed by atoms with E-state index in [1.165, 1.54) is 10.5 Å². The van der Waals surface area contributed by atoms with E-state index >= 15 is 0 Å². The lowest BCUT2D eigenvalue weighted by Gasteiger charge is -2.23. The van der Waals surface area contributed by atoms with E-state index in [4.69, 9.17) is 4.74 Å². The number of hydrogen-bond donors (Lipinski definition) is 0. The van der Waals surface area contributed by atoms with Crippen LogP contribution in [0.5, 0.6) is 0 Å². The van der Waals surface area contributed by atoms with E-state index in [-0.39, 0.29) is 11.8 Å². The van der Waals surface area contributed by atoms with Crippen molar-refractivity contribution in [1.82, 2.24) is 4.90 Å². The van der Waals surface area contributed by atoms with Crippen LogP contribution in [-0.4, -0.2) is 17.6 Å². The van der Waals surface area contributed by atoms with Gasteiger partial charge in [0.25, 0.3) is 0 Å². The van der Waals surface area contributed by atoms with Gasteiger partial charge < -0.3 is 4.74 Å². The quantitative estimate of drug-likeness (QED) is 0.843. The number of nitrogens with zero attached hydrogens (tertiary/aromatic N) is 2. The number of aryl methyl sites for hydroxylation is 1. The van der Waals surface area contributed by atoms with Gasteiger partial charge in [-0.2, -0.15) is 5.26 Å². The molecule has 1 aliphatic heterocycles. The van der Waals surface area contributed by atoms with Crippen molar-refractivity contribution in [2.45, 2.75) is 26.7 Å². The van der Waals surface area contributed by atoms with Crippen LogP contribution in [0.15, 0.2) is 48.3 Å². The Morgan fingerprint density at radius 2 is 2.05 bits per heavy atom. The molecule has 114 valence electrons. The first-order valence-electron chi connectivity index (χ1n) is 7.33. The third-order valence-corrected chi connectivity index (χ3v) is 3.37. The normalized spacial score (nSPS) is 17.1. The molecular formula is C18H20N2O2. The van der Waals surface area contributed by atoms with Crippen molar-refractivity contribution in [3.63, 3.8) is 0 Å². The molecule has 2 rings (SSSR count). The molecule has 1 heterocycles. The fraction of sp³-hybridized carbons (Fsp3) is 0.333. The molecule has 4 heteroatoms. The maximum absolute atomic E-state index is 12.0. The number of benzene rings is 1. The largest absolute Gasteiger partial charge is 0.449 e. The van der Waals surface area contributed by atoms with E-state index in [0.717, 1.165) is 5.56 Å². The van der Waals surface area contributed by atoms with Gasteiger partial charge in [0.15, 0.2) is 0 Å². The van der Waals surface area contributed by atoms with Crippen LogP contribution in [0.25, 0.3) is 0 Å². The monoisotopic (exact) mass is 296 g/mol. The minimum atomic E-state index is -0.458. The van der Waals surface area contributed by atoms with Crippen molar-refractivity contribution in [3.05, 3.63) is 59.4 Å². The van der Waals surface area contributed by atoms with Gasteiger partial charge in [-0.1, -0.05) is 49.8 Å². The second kappa shape index (κ2) is 6.95. The van der Waals surface area contributed by atoms with Gasteiger partial charge in [0.2, 0.25) is 0 Å². The van der Waals surface area contributed by atoms with Crippen molar-refractivity contribution < 1.29 is 9.53 Å². The first-order valence-corrected chi connectivity index (χ1v) is 7.33. The molecule has 22 heavy (non-hydrogen) atoms. The van der Waals surface area contributed by atoms with E-state index in [0.29, 0.717) is 12.2 Å². The van der Waals surface area contributed by atoms with Crippen molar-refractivity contribution >= 4 is 6.09 Å². The van der Waals surface area contributed by atoms with Crippen molar-refractivity contribution in [1.29, 1.82) is 5.26 Å². The van der Waals surface area contributed by atoms with Crippen LogP contribution in [0, 0.1) is 24.2 Å². The summed E-state index contributed by atoms with van der Waals surface area (Å²) in [6.07, 6.45) is 4.60. The molecule has 1 aliphatic rings. The van der Waals surface area contributed by atoms with Gasteiger partial charge in [0, 0.05) is 18.3 Å². The molecule has 1 aromatic rings. The highest BCUT2D eigenvalue weighted by Crippen LogP contribution is 2.29. The third-order valence-electron chi connectivity index (χ3n) is 3.37. The molecule has 0 aliphatic carbocycles. The second-order valence-electron chi connectivity index (χ2n) is 5.80. The van der Waals surface area contributed by atoms with Crippen LogP contribution in [0.4, 0.5) is 4.79 Å². The smallest absolute Gasteiger partial charge is 0.417 e. The summed E-state index contributed by atoms with van der Waals surface area (Å²) in [6.45, 7) is 6.33. The minimum absolute atomic E-state index is 0.125. The average molecular weight is 296 g/mol. The zero-order valence-electron chi connectivity index (χ0n) is 13.1. The Kier molecular flexibility index (Phi) is 5.00. The van der Waals surface area contributed by atoms with Crippen molar-refractivity contribution in [3.8, 4) is 6.07 Å². The van der Waals surface area contributed by atoms with Gasteiger partial charge in [-0.3, -0.25) is 4.90 Å². The van der Waals surface area contributed by atoms with Crippen LogP contribution in [0.2, 0.25) is 0 Å².